The first kappa shape index (κ1) is 21.8. The first-order valence-corrected chi connectivity index (χ1v) is 8.80. The highest BCUT2D eigenvalue weighted by molar-refractivity contribution is 6.33. The summed E-state index contributed by atoms with van der Waals surface area (Å²) in [6, 6.07) is 13.2. The van der Waals surface area contributed by atoms with Crippen molar-refractivity contribution in [3.8, 4) is 5.75 Å². The molecule has 0 saturated heterocycles. The third-order valence-corrected chi connectivity index (χ3v) is 3.99. The summed E-state index contributed by atoms with van der Waals surface area (Å²) in [4.78, 5) is 6.26. The maximum absolute atomic E-state index is 12.9. The van der Waals surface area contributed by atoms with Gasteiger partial charge in [-0.2, -0.15) is 13.2 Å². The minimum Gasteiger partial charge on any atom is -0.492 e. The lowest BCUT2D eigenvalue weighted by molar-refractivity contribution is -0.0925. The van der Waals surface area contributed by atoms with E-state index >= 15 is 0 Å². The highest BCUT2D eigenvalue weighted by Crippen LogP contribution is 2.27. The lowest BCUT2D eigenvalue weighted by atomic mass is 10.1. The summed E-state index contributed by atoms with van der Waals surface area (Å²) in [6.45, 7) is 1.24. The van der Waals surface area contributed by atoms with Crippen molar-refractivity contribution < 1.29 is 17.9 Å². The molecular weight excluding hydrogens is 391 g/mol. The van der Waals surface area contributed by atoms with Crippen molar-refractivity contribution in [2.24, 2.45) is 10.7 Å². The van der Waals surface area contributed by atoms with Gasteiger partial charge in [-0.25, -0.2) is 4.99 Å². The molecule has 4 nitrogen and oxygen atoms in total. The summed E-state index contributed by atoms with van der Waals surface area (Å²) < 4.78 is 44.3. The lowest BCUT2D eigenvalue weighted by Gasteiger charge is -2.12. The van der Waals surface area contributed by atoms with Crippen LogP contribution in [-0.2, 0) is 0 Å². The number of nitrogens with two attached hydrogens (primary N) is 1. The van der Waals surface area contributed by atoms with Crippen molar-refractivity contribution in [1.82, 2.24) is 4.90 Å². The van der Waals surface area contributed by atoms with Gasteiger partial charge in [-0.15, -0.1) is 0 Å². The molecule has 28 heavy (non-hydrogen) atoms. The Labute approximate surface area is 167 Å². The number of halogens is 4. The van der Waals surface area contributed by atoms with Crippen LogP contribution >= 0.6 is 11.6 Å². The van der Waals surface area contributed by atoms with Crippen LogP contribution in [0.1, 0.15) is 5.56 Å². The van der Waals surface area contributed by atoms with Gasteiger partial charge in [0.25, 0.3) is 0 Å². The Bertz CT molecular complexity index is 847. The molecule has 0 aliphatic rings. The van der Waals surface area contributed by atoms with E-state index in [2.05, 4.69) is 4.99 Å². The van der Waals surface area contributed by atoms with Crippen LogP contribution in [0.3, 0.4) is 0 Å². The van der Waals surface area contributed by atoms with Gasteiger partial charge in [0, 0.05) is 12.1 Å². The average molecular weight is 412 g/mol. The highest BCUT2D eigenvalue weighted by atomic mass is 35.5. The number of para-hydroxylation sites is 1. The summed E-state index contributed by atoms with van der Waals surface area (Å²) in [5, 5.41) is 0.322. The number of nitrogens with zero attached hydrogens (tertiary/aromatic N) is 2. The molecule has 0 atom stereocenters. The molecular formula is C20H21ClF3N3O. The van der Waals surface area contributed by atoms with E-state index < -0.39 is 11.9 Å². The van der Waals surface area contributed by atoms with Crippen LogP contribution in [0.15, 0.2) is 65.3 Å². The lowest BCUT2D eigenvalue weighted by Crippen LogP contribution is -2.21. The number of rotatable bonds is 7. The summed E-state index contributed by atoms with van der Waals surface area (Å²) in [7, 11) is 3.86. The Morgan fingerprint density at radius 2 is 1.79 bits per heavy atom. The van der Waals surface area contributed by atoms with E-state index in [1.54, 1.807) is 48.5 Å². The molecule has 2 rings (SSSR count). The Morgan fingerprint density at radius 1 is 1.14 bits per heavy atom. The smallest absolute Gasteiger partial charge is 0.430 e. The Balaban J connectivity index is 2.35. The summed E-state index contributed by atoms with van der Waals surface area (Å²) in [5.74, 6) is 0.607. The maximum Gasteiger partial charge on any atom is 0.430 e. The molecule has 8 heteroatoms. The number of hydrogen-bond donors (Lipinski definition) is 1. The quantitative estimate of drug-likeness (QED) is 0.665. The first-order valence-electron chi connectivity index (χ1n) is 8.42. The molecule has 0 amide bonds. The number of aliphatic imine (C=N–C) groups is 1. The topological polar surface area (TPSA) is 50.9 Å². The molecule has 2 aromatic carbocycles. The van der Waals surface area contributed by atoms with Gasteiger partial charge in [-0.05, 0) is 56.6 Å². The molecule has 2 N–H and O–H groups in total. The zero-order chi connectivity index (χ0) is 20.7. The normalized spacial score (nSPS) is 13.1. The summed E-state index contributed by atoms with van der Waals surface area (Å²) in [6.07, 6.45) is -3.86. The average Bonchev–Trinajstić information content (AvgIpc) is 2.62. The second kappa shape index (κ2) is 9.61. The van der Waals surface area contributed by atoms with Crippen LogP contribution in [0.5, 0.6) is 5.75 Å². The third-order valence-electron chi connectivity index (χ3n) is 3.67. The number of likely N-dealkylation sites (N-methyl/N-ethyl adjacent to an activating group) is 1. The van der Waals surface area contributed by atoms with Crippen LogP contribution in [-0.4, -0.2) is 44.0 Å². The Kier molecular flexibility index (Phi) is 7.48. The second-order valence-corrected chi connectivity index (χ2v) is 6.63. The fourth-order valence-electron chi connectivity index (χ4n) is 2.15. The number of benzene rings is 2. The van der Waals surface area contributed by atoms with Crippen molar-refractivity contribution in [3.05, 3.63) is 70.9 Å². The van der Waals surface area contributed by atoms with E-state index in [0.717, 1.165) is 12.6 Å². The van der Waals surface area contributed by atoms with Gasteiger partial charge >= 0.3 is 6.18 Å². The molecule has 0 heterocycles. The van der Waals surface area contributed by atoms with Gasteiger partial charge in [0.1, 0.15) is 18.1 Å². The molecule has 0 bridgehead atoms. The van der Waals surface area contributed by atoms with E-state index in [9.17, 15) is 13.2 Å². The number of alkyl halides is 3. The van der Waals surface area contributed by atoms with E-state index in [-0.39, 0.29) is 5.71 Å². The number of hydrogen-bond acceptors (Lipinski definition) is 4. The molecule has 0 aliphatic carbocycles. The van der Waals surface area contributed by atoms with Crippen LogP contribution < -0.4 is 10.5 Å². The molecule has 0 radical (unpaired) electrons. The monoisotopic (exact) mass is 411 g/mol. The summed E-state index contributed by atoms with van der Waals surface area (Å²) >= 11 is 6.08. The van der Waals surface area contributed by atoms with E-state index in [4.69, 9.17) is 22.1 Å². The van der Waals surface area contributed by atoms with E-state index in [1.165, 1.54) is 0 Å². The van der Waals surface area contributed by atoms with Gasteiger partial charge < -0.3 is 15.4 Å². The zero-order valence-electron chi connectivity index (χ0n) is 15.5. The predicted molar refractivity (Wildman–Crippen MR) is 106 cm³/mol. The molecule has 0 aromatic heterocycles. The summed E-state index contributed by atoms with van der Waals surface area (Å²) in [5.41, 5.74) is 4.79. The Morgan fingerprint density at radius 3 is 2.36 bits per heavy atom. The minimum absolute atomic E-state index is 0.0442. The van der Waals surface area contributed by atoms with Crippen molar-refractivity contribution in [2.45, 2.75) is 6.18 Å². The van der Waals surface area contributed by atoms with E-state index in [0.29, 0.717) is 28.6 Å². The standard InChI is InChI=1S/C20H21ClF3N3O/c1-27(2)11-12-28-15-9-7-14(8-10-15)18(13-19(25)20(22,23)24)26-17-6-4-3-5-16(17)21/h3-10,13H,11-12,25H2,1-2H3. The maximum atomic E-state index is 12.9. The molecule has 0 aliphatic heterocycles. The second-order valence-electron chi connectivity index (χ2n) is 6.22. The minimum atomic E-state index is -4.66. The van der Waals surface area contributed by atoms with Crippen molar-refractivity contribution in [1.29, 1.82) is 0 Å². The van der Waals surface area contributed by atoms with Crippen molar-refractivity contribution >= 4 is 23.0 Å². The van der Waals surface area contributed by atoms with Crippen molar-refractivity contribution in [3.63, 3.8) is 0 Å². The predicted octanol–water partition coefficient (Wildman–Crippen LogP) is 4.81. The SMILES string of the molecule is CN(C)CCOc1ccc(C(C=C(N)C(F)(F)F)=Nc2ccccc2Cl)cc1. The van der Waals surface area contributed by atoms with Crippen LogP contribution in [0.4, 0.5) is 18.9 Å². The molecule has 0 unspecified atom stereocenters. The van der Waals surface area contributed by atoms with Gasteiger partial charge in [0.15, 0.2) is 0 Å². The zero-order valence-corrected chi connectivity index (χ0v) is 16.3. The van der Waals surface area contributed by atoms with Crippen LogP contribution in [0.2, 0.25) is 5.02 Å². The van der Waals surface area contributed by atoms with Crippen LogP contribution in [0, 0.1) is 0 Å². The molecule has 0 saturated carbocycles. The fourth-order valence-corrected chi connectivity index (χ4v) is 2.33. The molecule has 0 fully saturated rings. The first-order chi connectivity index (χ1) is 13.2. The van der Waals surface area contributed by atoms with Gasteiger partial charge in [-0.3, -0.25) is 0 Å². The fraction of sp³-hybridized carbons (Fsp3) is 0.250. The highest BCUT2D eigenvalue weighted by Gasteiger charge is 2.31. The molecule has 0 spiro atoms. The molecule has 150 valence electrons. The van der Waals surface area contributed by atoms with Gasteiger partial charge in [0.05, 0.1) is 16.4 Å². The van der Waals surface area contributed by atoms with Gasteiger partial charge in [0.2, 0.25) is 0 Å². The number of allylic oxidation sites excluding steroid dienone is 2. The number of ether oxygens (including phenoxy) is 1. The third kappa shape index (κ3) is 6.58. The van der Waals surface area contributed by atoms with Crippen LogP contribution in [0.25, 0.3) is 0 Å². The van der Waals surface area contributed by atoms with Gasteiger partial charge in [-0.1, -0.05) is 23.7 Å². The molecule has 2 aromatic rings. The van der Waals surface area contributed by atoms with E-state index in [1.807, 2.05) is 19.0 Å². The largest absolute Gasteiger partial charge is 0.492 e. The Hall–Kier alpha value is -2.51. The van der Waals surface area contributed by atoms with Crippen molar-refractivity contribution in [2.75, 3.05) is 27.2 Å².